The van der Waals surface area contributed by atoms with Crippen molar-refractivity contribution in [1.29, 1.82) is 0 Å². The lowest BCUT2D eigenvalue weighted by atomic mass is 10.1. The normalized spacial score (nSPS) is 23.6. The molecule has 1 saturated heterocycles. The standard InChI is InChI=1S/C17H24N2O/c1-13(15-9-10-15)19(12-14-6-3-2-4-7-14)17(20)16-8-5-11-18-16/h2-4,6-7,13,15-16,18H,5,8-12H2,1H3. The molecule has 1 aromatic rings. The number of hydrogen-bond donors (Lipinski definition) is 1. The van der Waals surface area contributed by atoms with E-state index in [1.54, 1.807) is 0 Å². The third-order valence-corrected chi connectivity index (χ3v) is 4.63. The summed E-state index contributed by atoms with van der Waals surface area (Å²) in [5.74, 6) is 1.01. The van der Waals surface area contributed by atoms with Gasteiger partial charge in [0.2, 0.25) is 5.91 Å². The van der Waals surface area contributed by atoms with Crippen molar-refractivity contribution in [3.63, 3.8) is 0 Å². The van der Waals surface area contributed by atoms with Crippen LogP contribution in [-0.2, 0) is 11.3 Å². The maximum atomic E-state index is 12.8. The van der Waals surface area contributed by atoms with Gasteiger partial charge in [0.15, 0.2) is 0 Å². The van der Waals surface area contributed by atoms with E-state index >= 15 is 0 Å². The van der Waals surface area contributed by atoms with Gasteiger partial charge in [0, 0.05) is 12.6 Å². The van der Waals surface area contributed by atoms with Crippen LogP contribution in [0.2, 0.25) is 0 Å². The fourth-order valence-electron chi connectivity index (χ4n) is 3.13. The molecule has 1 saturated carbocycles. The van der Waals surface area contributed by atoms with Crippen LogP contribution < -0.4 is 5.32 Å². The third-order valence-electron chi connectivity index (χ3n) is 4.63. The Kier molecular flexibility index (Phi) is 4.06. The lowest BCUT2D eigenvalue weighted by molar-refractivity contribution is -0.136. The molecule has 2 atom stereocenters. The van der Waals surface area contributed by atoms with Crippen LogP contribution in [0.15, 0.2) is 30.3 Å². The molecule has 2 fully saturated rings. The van der Waals surface area contributed by atoms with Gasteiger partial charge in [0.1, 0.15) is 0 Å². The van der Waals surface area contributed by atoms with Crippen molar-refractivity contribution in [1.82, 2.24) is 10.2 Å². The Hall–Kier alpha value is -1.35. The van der Waals surface area contributed by atoms with Gasteiger partial charge >= 0.3 is 0 Å². The molecule has 0 radical (unpaired) electrons. The van der Waals surface area contributed by atoms with Crippen molar-refractivity contribution in [2.45, 2.75) is 51.2 Å². The molecule has 0 spiro atoms. The summed E-state index contributed by atoms with van der Waals surface area (Å²) < 4.78 is 0. The van der Waals surface area contributed by atoms with Crippen molar-refractivity contribution in [3.8, 4) is 0 Å². The number of nitrogens with one attached hydrogen (secondary N) is 1. The average molecular weight is 272 g/mol. The smallest absolute Gasteiger partial charge is 0.240 e. The molecule has 3 rings (SSSR count). The van der Waals surface area contributed by atoms with E-state index in [1.807, 2.05) is 18.2 Å². The molecule has 1 aliphatic carbocycles. The first-order valence-electron chi connectivity index (χ1n) is 7.83. The number of benzene rings is 1. The molecule has 2 aliphatic rings. The van der Waals surface area contributed by atoms with Crippen molar-refractivity contribution in [2.24, 2.45) is 5.92 Å². The Balaban J connectivity index is 1.74. The van der Waals surface area contributed by atoms with Crippen molar-refractivity contribution < 1.29 is 4.79 Å². The highest BCUT2D eigenvalue weighted by Crippen LogP contribution is 2.36. The topological polar surface area (TPSA) is 32.3 Å². The average Bonchev–Trinajstić information content (AvgIpc) is 3.19. The minimum atomic E-state index is 0.0416. The number of nitrogens with zero attached hydrogens (tertiary/aromatic N) is 1. The van der Waals surface area contributed by atoms with Crippen LogP contribution in [0.25, 0.3) is 0 Å². The molecule has 0 aromatic heterocycles. The van der Waals surface area contributed by atoms with E-state index in [-0.39, 0.29) is 6.04 Å². The minimum absolute atomic E-state index is 0.0416. The lowest BCUT2D eigenvalue weighted by Gasteiger charge is -2.32. The SMILES string of the molecule is CC(C1CC1)N(Cc1ccccc1)C(=O)C1CCCN1. The Labute approximate surface area is 121 Å². The number of carbonyl (C=O) groups is 1. The van der Waals surface area contributed by atoms with Crippen LogP contribution in [0.1, 0.15) is 38.2 Å². The summed E-state index contributed by atoms with van der Waals surface area (Å²) in [6.07, 6.45) is 4.66. The van der Waals surface area contributed by atoms with Gasteiger partial charge in [-0.3, -0.25) is 4.79 Å². The summed E-state index contributed by atoms with van der Waals surface area (Å²) in [6, 6.07) is 10.8. The van der Waals surface area contributed by atoms with Crippen LogP contribution in [0.3, 0.4) is 0 Å². The van der Waals surface area contributed by atoms with E-state index in [4.69, 9.17) is 0 Å². The van der Waals surface area contributed by atoms with Gasteiger partial charge in [-0.25, -0.2) is 0 Å². The minimum Gasteiger partial charge on any atom is -0.334 e. The predicted molar refractivity (Wildman–Crippen MR) is 80.2 cm³/mol. The van der Waals surface area contributed by atoms with Crippen LogP contribution in [0, 0.1) is 5.92 Å². The molecule has 0 bridgehead atoms. The third kappa shape index (κ3) is 3.04. The van der Waals surface area contributed by atoms with Gasteiger partial charge < -0.3 is 10.2 Å². The summed E-state index contributed by atoms with van der Waals surface area (Å²) in [5.41, 5.74) is 1.23. The van der Waals surface area contributed by atoms with Gasteiger partial charge in [-0.2, -0.15) is 0 Å². The highest BCUT2D eigenvalue weighted by Gasteiger charge is 2.37. The van der Waals surface area contributed by atoms with Gasteiger partial charge in [0.25, 0.3) is 0 Å². The second-order valence-corrected chi connectivity index (χ2v) is 6.18. The van der Waals surface area contributed by atoms with Gasteiger partial charge in [-0.15, -0.1) is 0 Å². The number of carbonyl (C=O) groups excluding carboxylic acids is 1. The molecular formula is C17H24N2O. The first kappa shape index (κ1) is 13.6. The maximum Gasteiger partial charge on any atom is 0.240 e. The fourth-order valence-corrected chi connectivity index (χ4v) is 3.13. The summed E-state index contributed by atoms with van der Waals surface area (Å²) >= 11 is 0. The van der Waals surface area contributed by atoms with E-state index in [2.05, 4.69) is 29.3 Å². The molecule has 2 unspecified atom stereocenters. The van der Waals surface area contributed by atoms with Crippen LogP contribution in [0.5, 0.6) is 0 Å². The van der Waals surface area contributed by atoms with Crippen LogP contribution in [0.4, 0.5) is 0 Å². The summed E-state index contributed by atoms with van der Waals surface area (Å²) in [7, 11) is 0. The molecule has 3 heteroatoms. The summed E-state index contributed by atoms with van der Waals surface area (Å²) in [5, 5.41) is 3.35. The molecule has 1 aromatic carbocycles. The van der Waals surface area contributed by atoms with E-state index < -0.39 is 0 Å². The van der Waals surface area contributed by atoms with E-state index in [0.717, 1.165) is 25.9 Å². The Morgan fingerprint density at radius 1 is 1.30 bits per heavy atom. The zero-order valence-electron chi connectivity index (χ0n) is 12.2. The quantitative estimate of drug-likeness (QED) is 0.893. The number of rotatable bonds is 5. The maximum absolute atomic E-state index is 12.8. The van der Waals surface area contributed by atoms with E-state index in [0.29, 0.717) is 17.9 Å². The molecule has 20 heavy (non-hydrogen) atoms. The van der Waals surface area contributed by atoms with Crippen molar-refractivity contribution in [2.75, 3.05) is 6.54 Å². The molecule has 1 amide bonds. The monoisotopic (exact) mass is 272 g/mol. The molecule has 3 nitrogen and oxygen atoms in total. The molecule has 1 N–H and O–H groups in total. The number of hydrogen-bond acceptors (Lipinski definition) is 2. The zero-order valence-corrected chi connectivity index (χ0v) is 12.2. The predicted octanol–water partition coefficient (Wildman–Crippen LogP) is 2.57. The summed E-state index contributed by atoms with van der Waals surface area (Å²) in [6.45, 7) is 3.94. The second kappa shape index (κ2) is 5.96. The number of amides is 1. The lowest BCUT2D eigenvalue weighted by Crippen LogP contribution is -2.47. The van der Waals surface area contributed by atoms with Crippen molar-refractivity contribution >= 4 is 5.91 Å². The fraction of sp³-hybridized carbons (Fsp3) is 0.588. The Morgan fingerprint density at radius 2 is 2.05 bits per heavy atom. The van der Waals surface area contributed by atoms with Crippen LogP contribution in [-0.4, -0.2) is 29.4 Å². The highest BCUT2D eigenvalue weighted by molar-refractivity contribution is 5.82. The second-order valence-electron chi connectivity index (χ2n) is 6.18. The summed E-state index contributed by atoms with van der Waals surface area (Å²) in [4.78, 5) is 14.9. The molecule has 1 aliphatic heterocycles. The van der Waals surface area contributed by atoms with Gasteiger partial charge in [0.05, 0.1) is 6.04 Å². The Morgan fingerprint density at radius 3 is 2.65 bits per heavy atom. The van der Waals surface area contributed by atoms with Gasteiger partial charge in [-0.05, 0) is 50.6 Å². The molecule has 1 heterocycles. The first-order valence-corrected chi connectivity index (χ1v) is 7.83. The zero-order chi connectivity index (χ0) is 13.9. The molecule has 108 valence electrons. The molecular weight excluding hydrogens is 248 g/mol. The van der Waals surface area contributed by atoms with Crippen LogP contribution >= 0.6 is 0 Å². The largest absolute Gasteiger partial charge is 0.334 e. The van der Waals surface area contributed by atoms with Gasteiger partial charge in [-0.1, -0.05) is 30.3 Å². The Bertz CT molecular complexity index is 449. The van der Waals surface area contributed by atoms with E-state index in [9.17, 15) is 4.79 Å². The highest BCUT2D eigenvalue weighted by atomic mass is 16.2. The van der Waals surface area contributed by atoms with Crippen molar-refractivity contribution in [3.05, 3.63) is 35.9 Å². The van der Waals surface area contributed by atoms with E-state index in [1.165, 1.54) is 18.4 Å². The first-order chi connectivity index (χ1) is 9.75.